The molecule has 0 saturated carbocycles. The normalized spacial score (nSPS) is 11.6. The van der Waals surface area contributed by atoms with Crippen LogP contribution in [-0.4, -0.2) is 19.9 Å². The Kier molecular flexibility index (Phi) is 10.8. The fourth-order valence-electron chi connectivity index (χ4n) is 6.78. The van der Waals surface area contributed by atoms with Crippen molar-refractivity contribution in [1.82, 2.24) is 19.9 Å². The fraction of sp³-hybridized carbons (Fsp3) is 0. The van der Waals surface area contributed by atoms with E-state index in [4.69, 9.17) is 32.4 Å². The highest BCUT2D eigenvalue weighted by Crippen LogP contribution is 2.45. The van der Waals surface area contributed by atoms with Crippen LogP contribution in [-0.2, 0) is 0 Å². The molecular weight excluding hydrogens is 722 g/mol. The molecule has 2 aliphatic rings. The van der Waals surface area contributed by atoms with Crippen molar-refractivity contribution in [2.24, 2.45) is 0 Å². The van der Waals surface area contributed by atoms with Gasteiger partial charge in [-0.05, 0) is 70.8 Å². The number of benzene rings is 4. The number of halogens is 3. The van der Waals surface area contributed by atoms with Gasteiger partial charge in [-0.2, -0.15) is 0 Å². The summed E-state index contributed by atoms with van der Waals surface area (Å²) in [6.45, 7) is 0. The molecule has 9 rings (SSSR count). The number of hydrogen-bond acceptors (Lipinski definition) is 2. The van der Waals surface area contributed by atoms with E-state index in [9.17, 15) is 0 Å². The molecule has 4 aromatic carbocycles. The summed E-state index contributed by atoms with van der Waals surface area (Å²) in [5.41, 5.74) is 16.3. The summed E-state index contributed by atoms with van der Waals surface area (Å²) in [7, 11) is -0.306. The molecule has 52 heavy (non-hydrogen) atoms. The van der Waals surface area contributed by atoms with Crippen molar-refractivity contribution in [2.75, 3.05) is 0 Å². The molecular formula is C44H32Cl3N4P. The predicted molar refractivity (Wildman–Crippen MR) is 221 cm³/mol. The first-order valence-electron chi connectivity index (χ1n) is 16.6. The van der Waals surface area contributed by atoms with Crippen molar-refractivity contribution < 1.29 is 12.4 Å². The molecule has 0 unspecified atom stereocenters. The highest BCUT2D eigenvalue weighted by atomic mass is 35.9. The standard InChI is InChI=1S/C44H30N4.Cl2HP.ClH/c1-5-13-29(14-6-1)38-27-37-26-35-22-21-33(45-35)25-34-23-24-36(46-34)28-39-40(30-15-7-2-8-16-30)41(31-17-9-3-10-18-31)44(48-39)42(43(38)47-37)32-19-11-4-12-20-32;1-3-2;/h1-28,45,48H;3H;1H. The van der Waals surface area contributed by atoms with E-state index in [0.717, 1.165) is 89.4 Å². The number of aromatic nitrogens is 4. The Balaban J connectivity index is 0.00000102. The molecule has 254 valence electrons. The molecule has 0 saturated heterocycles. The van der Waals surface area contributed by atoms with Crippen molar-refractivity contribution in [3.05, 3.63) is 180 Å². The van der Waals surface area contributed by atoms with Gasteiger partial charge in [-0.1, -0.05) is 121 Å². The molecule has 0 amide bonds. The molecule has 8 heteroatoms. The summed E-state index contributed by atoms with van der Waals surface area (Å²) >= 11 is 9.69. The lowest BCUT2D eigenvalue weighted by Gasteiger charge is -2.12. The summed E-state index contributed by atoms with van der Waals surface area (Å²) < 4.78 is 0. The lowest BCUT2D eigenvalue weighted by molar-refractivity contribution is -0.00000965. The number of nitrogens with zero attached hydrogens (tertiary/aromatic N) is 2. The van der Waals surface area contributed by atoms with Gasteiger partial charge in [0.1, 0.15) is 22.5 Å². The Bertz CT molecular complexity index is 2560. The van der Waals surface area contributed by atoms with Crippen LogP contribution in [0.2, 0.25) is 0 Å². The summed E-state index contributed by atoms with van der Waals surface area (Å²) in [6, 6.07) is 53.0. The maximum Gasteiger partial charge on any atom is 0.186 e. The van der Waals surface area contributed by atoms with Gasteiger partial charge in [0.2, 0.25) is 0 Å². The molecule has 0 radical (unpaired) electrons. The minimum atomic E-state index is -0.306. The Morgan fingerprint density at radius 2 is 0.923 bits per heavy atom. The third-order valence-electron chi connectivity index (χ3n) is 8.89. The molecule has 0 atom stereocenters. The molecule has 3 aromatic heterocycles. The average molecular weight is 754 g/mol. The SMILES string of the molecule is C1=Cc2cc3[nH]c(c(-c4ccccc4)c4nc(cc5ccc(cc1n2)[nH]5)C=C4c1ccccc1)c(-c1ccccc1)c3-c1ccccc1.Cl[PH2+]Cl.[Cl-]. The van der Waals surface area contributed by atoms with Crippen LogP contribution in [0.3, 0.4) is 0 Å². The van der Waals surface area contributed by atoms with Crippen LogP contribution in [0.1, 0.15) is 28.3 Å². The van der Waals surface area contributed by atoms with Gasteiger partial charge in [0.05, 0.1) is 28.3 Å². The number of fused-ring (bicyclic) bond motifs is 8. The molecule has 0 fully saturated rings. The molecule has 7 aromatic rings. The Labute approximate surface area is 319 Å². The first-order valence-corrected chi connectivity index (χ1v) is 20.1. The van der Waals surface area contributed by atoms with E-state index in [0.29, 0.717) is 0 Å². The minimum Gasteiger partial charge on any atom is -1.00 e. The van der Waals surface area contributed by atoms with E-state index < -0.39 is 0 Å². The molecule has 0 aliphatic carbocycles. The van der Waals surface area contributed by atoms with Crippen LogP contribution in [0.5, 0.6) is 0 Å². The average Bonchev–Trinajstić information content (AvgIpc) is 3.98. The van der Waals surface area contributed by atoms with Crippen LogP contribution in [0, 0.1) is 0 Å². The summed E-state index contributed by atoms with van der Waals surface area (Å²) in [6.07, 6.45) is 6.35. The topological polar surface area (TPSA) is 57.4 Å². The lowest BCUT2D eigenvalue weighted by Crippen LogP contribution is -3.00. The molecule has 2 aliphatic heterocycles. The van der Waals surface area contributed by atoms with Crippen molar-refractivity contribution in [3.8, 4) is 33.4 Å². The van der Waals surface area contributed by atoms with Crippen molar-refractivity contribution in [1.29, 1.82) is 0 Å². The largest absolute Gasteiger partial charge is 1.00 e. The van der Waals surface area contributed by atoms with Gasteiger partial charge in [-0.3, -0.25) is 0 Å². The van der Waals surface area contributed by atoms with Gasteiger partial charge in [0.25, 0.3) is 0 Å². The second kappa shape index (κ2) is 16.0. The van der Waals surface area contributed by atoms with Crippen molar-refractivity contribution in [3.63, 3.8) is 0 Å². The maximum atomic E-state index is 5.42. The van der Waals surface area contributed by atoms with Crippen LogP contribution in [0.4, 0.5) is 0 Å². The monoisotopic (exact) mass is 752 g/mol. The second-order valence-electron chi connectivity index (χ2n) is 12.1. The Morgan fingerprint density at radius 3 is 1.48 bits per heavy atom. The van der Waals surface area contributed by atoms with Gasteiger partial charge in [0, 0.05) is 38.8 Å². The van der Waals surface area contributed by atoms with Crippen LogP contribution in [0.15, 0.2) is 152 Å². The zero-order valence-corrected chi connectivity index (χ0v) is 31.2. The van der Waals surface area contributed by atoms with Gasteiger partial charge in [0.15, 0.2) is 7.29 Å². The first-order chi connectivity index (χ1) is 25.2. The third-order valence-corrected chi connectivity index (χ3v) is 8.89. The summed E-state index contributed by atoms with van der Waals surface area (Å²) in [5.74, 6) is 0. The maximum absolute atomic E-state index is 5.42. The second-order valence-corrected chi connectivity index (χ2v) is 14.3. The summed E-state index contributed by atoms with van der Waals surface area (Å²) in [4.78, 5) is 17.9. The van der Waals surface area contributed by atoms with Gasteiger partial charge in [-0.15, -0.1) is 0 Å². The molecule has 8 bridgehead atoms. The van der Waals surface area contributed by atoms with Gasteiger partial charge in [-0.25, -0.2) is 9.97 Å². The Morgan fingerprint density at radius 1 is 0.462 bits per heavy atom. The molecule has 5 heterocycles. The quantitative estimate of drug-likeness (QED) is 0.176. The van der Waals surface area contributed by atoms with E-state index in [1.807, 2.05) is 0 Å². The minimum absolute atomic E-state index is 0. The highest BCUT2D eigenvalue weighted by Gasteiger charge is 2.24. The van der Waals surface area contributed by atoms with Crippen LogP contribution in [0.25, 0.3) is 79.2 Å². The summed E-state index contributed by atoms with van der Waals surface area (Å²) in [5, 5.41) is 0. The zero-order valence-electron chi connectivity index (χ0n) is 27.8. The van der Waals surface area contributed by atoms with E-state index >= 15 is 0 Å². The number of hydrogen-bond donors (Lipinski definition) is 2. The molecule has 2 N–H and O–H groups in total. The lowest BCUT2D eigenvalue weighted by atomic mass is 9.91. The van der Waals surface area contributed by atoms with E-state index in [1.54, 1.807) is 0 Å². The number of H-pyrrole nitrogens is 2. The number of nitrogens with one attached hydrogen (secondary N) is 2. The molecule has 4 nitrogen and oxygen atoms in total. The van der Waals surface area contributed by atoms with E-state index in [1.165, 1.54) is 0 Å². The Hall–Kier alpha value is -5.22. The van der Waals surface area contributed by atoms with Crippen LogP contribution < -0.4 is 12.4 Å². The number of rotatable bonds is 4. The van der Waals surface area contributed by atoms with Crippen LogP contribution >= 0.6 is 29.8 Å². The van der Waals surface area contributed by atoms with E-state index in [-0.39, 0.29) is 19.7 Å². The smallest absolute Gasteiger partial charge is 0.186 e. The number of aromatic amines is 2. The predicted octanol–water partition coefficient (Wildman–Crippen LogP) is 9.78. The fourth-order valence-corrected chi connectivity index (χ4v) is 6.78. The van der Waals surface area contributed by atoms with Crippen molar-refractivity contribution >= 4 is 75.6 Å². The molecule has 0 spiro atoms. The first kappa shape index (κ1) is 35.2. The third kappa shape index (κ3) is 7.25. The highest BCUT2D eigenvalue weighted by molar-refractivity contribution is 7.90. The van der Waals surface area contributed by atoms with Gasteiger partial charge < -0.3 is 22.4 Å². The van der Waals surface area contributed by atoms with Gasteiger partial charge >= 0.3 is 0 Å². The van der Waals surface area contributed by atoms with E-state index in [2.05, 4.69) is 180 Å². The zero-order chi connectivity index (χ0) is 34.6. The van der Waals surface area contributed by atoms with Crippen molar-refractivity contribution in [2.45, 2.75) is 0 Å².